The molecule has 3 rings (SSSR count). The van der Waals surface area contributed by atoms with Crippen molar-refractivity contribution in [3.8, 4) is 0 Å². The SMILES string of the molecule is CC(O)C1CCN(c2nc(NN)nc3[nH]ncc23)C1. The van der Waals surface area contributed by atoms with Gasteiger partial charge in [0.1, 0.15) is 5.82 Å². The second-order valence-corrected chi connectivity index (χ2v) is 4.88. The lowest BCUT2D eigenvalue weighted by molar-refractivity contribution is 0.136. The number of anilines is 2. The molecule has 5 N–H and O–H groups in total. The highest BCUT2D eigenvalue weighted by molar-refractivity contribution is 5.87. The standard InChI is InChI=1S/C11H17N7O/c1-6(19)7-2-3-18(5-7)10-8-4-13-17-9(8)14-11(15-10)16-12/h4,6-7,19H,2-3,5,12H2,1H3,(H2,13,14,15,16,17). The number of aliphatic hydroxyl groups is 1. The molecule has 0 aromatic carbocycles. The number of hydrogen-bond donors (Lipinski definition) is 4. The van der Waals surface area contributed by atoms with Gasteiger partial charge in [-0.25, -0.2) is 5.84 Å². The molecule has 0 saturated carbocycles. The quantitative estimate of drug-likeness (QED) is 0.449. The van der Waals surface area contributed by atoms with Gasteiger partial charge in [-0.1, -0.05) is 0 Å². The number of nitrogens with one attached hydrogen (secondary N) is 2. The lowest BCUT2D eigenvalue weighted by atomic mass is 10.0. The van der Waals surface area contributed by atoms with Gasteiger partial charge >= 0.3 is 0 Å². The first-order valence-electron chi connectivity index (χ1n) is 6.30. The smallest absolute Gasteiger partial charge is 0.241 e. The number of nitrogens with zero attached hydrogens (tertiary/aromatic N) is 4. The fourth-order valence-corrected chi connectivity index (χ4v) is 2.50. The third-order valence-corrected chi connectivity index (χ3v) is 3.63. The van der Waals surface area contributed by atoms with Crippen LogP contribution in [0.5, 0.6) is 0 Å². The van der Waals surface area contributed by atoms with E-state index in [0.717, 1.165) is 30.7 Å². The van der Waals surface area contributed by atoms with Crippen molar-refractivity contribution in [2.75, 3.05) is 23.4 Å². The number of aliphatic hydroxyl groups excluding tert-OH is 1. The van der Waals surface area contributed by atoms with Crippen molar-refractivity contribution >= 4 is 22.8 Å². The third-order valence-electron chi connectivity index (χ3n) is 3.63. The zero-order valence-electron chi connectivity index (χ0n) is 10.7. The van der Waals surface area contributed by atoms with Gasteiger partial charge in [0.05, 0.1) is 17.7 Å². The lowest BCUT2D eigenvalue weighted by Crippen LogP contribution is -2.25. The van der Waals surface area contributed by atoms with E-state index in [4.69, 9.17) is 5.84 Å². The predicted octanol–water partition coefficient (Wildman–Crippen LogP) is -0.154. The Labute approximate surface area is 110 Å². The minimum atomic E-state index is -0.307. The molecular weight excluding hydrogens is 246 g/mol. The van der Waals surface area contributed by atoms with Gasteiger partial charge in [0.15, 0.2) is 5.65 Å². The Hall–Kier alpha value is -1.93. The summed E-state index contributed by atoms with van der Waals surface area (Å²) >= 11 is 0. The van der Waals surface area contributed by atoms with Crippen LogP contribution < -0.4 is 16.2 Å². The van der Waals surface area contributed by atoms with Crippen molar-refractivity contribution < 1.29 is 5.11 Å². The number of hydrazine groups is 1. The summed E-state index contributed by atoms with van der Waals surface area (Å²) in [6.45, 7) is 3.46. The maximum absolute atomic E-state index is 9.68. The van der Waals surface area contributed by atoms with Crippen LogP contribution in [0.15, 0.2) is 6.20 Å². The van der Waals surface area contributed by atoms with E-state index >= 15 is 0 Å². The fraction of sp³-hybridized carbons (Fsp3) is 0.545. The Morgan fingerprint density at radius 1 is 1.58 bits per heavy atom. The molecule has 1 aliphatic heterocycles. The summed E-state index contributed by atoms with van der Waals surface area (Å²) in [5.41, 5.74) is 3.11. The Kier molecular flexibility index (Phi) is 2.96. The number of rotatable bonds is 3. The summed E-state index contributed by atoms with van der Waals surface area (Å²) in [7, 11) is 0. The Morgan fingerprint density at radius 2 is 2.42 bits per heavy atom. The normalized spacial score (nSPS) is 21.0. The summed E-state index contributed by atoms with van der Waals surface area (Å²) in [6, 6.07) is 0. The van der Waals surface area contributed by atoms with E-state index in [1.165, 1.54) is 0 Å². The number of nitrogen functional groups attached to an aromatic ring is 1. The minimum absolute atomic E-state index is 0.270. The molecule has 2 unspecified atom stereocenters. The van der Waals surface area contributed by atoms with Gasteiger partial charge in [-0.3, -0.25) is 10.5 Å². The molecule has 19 heavy (non-hydrogen) atoms. The van der Waals surface area contributed by atoms with Gasteiger partial charge in [-0.2, -0.15) is 15.1 Å². The summed E-state index contributed by atoms with van der Waals surface area (Å²) < 4.78 is 0. The highest BCUT2D eigenvalue weighted by Gasteiger charge is 2.28. The molecule has 1 saturated heterocycles. The third kappa shape index (κ3) is 2.08. The van der Waals surface area contributed by atoms with Gasteiger partial charge in [0.25, 0.3) is 0 Å². The van der Waals surface area contributed by atoms with Gasteiger partial charge in [-0.15, -0.1) is 0 Å². The molecule has 2 aromatic heterocycles. The second kappa shape index (κ2) is 4.63. The summed E-state index contributed by atoms with van der Waals surface area (Å²) in [5, 5.41) is 17.4. The molecule has 0 spiro atoms. The van der Waals surface area contributed by atoms with E-state index < -0.39 is 0 Å². The molecule has 2 atom stereocenters. The molecule has 8 nitrogen and oxygen atoms in total. The fourth-order valence-electron chi connectivity index (χ4n) is 2.50. The first kappa shape index (κ1) is 12.1. The van der Waals surface area contributed by atoms with Gasteiger partial charge in [-0.05, 0) is 13.3 Å². The Morgan fingerprint density at radius 3 is 3.11 bits per heavy atom. The van der Waals surface area contributed by atoms with Crippen LogP contribution in [0.4, 0.5) is 11.8 Å². The maximum Gasteiger partial charge on any atom is 0.241 e. The molecule has 0 aliphatic carbocycles. The van der Waals surface area contributed by atoms with Crippen molar-refractivity contribution in [2.45, 2.75) is 19.4 Å². The molecule has 102 valence electrons. The molecule has 1 fully saturated rings. The van der Waals surface area contributed by atoms with E-state index in [0.29, 0.717) is 11.6 Å². The number of aromatic nitrogens is 4. The van der Waals surface area contributed by atoms with E-state index in [-0.39, 0.29) is 12.0 Å². The minimum Gasteiger partial charge on any atom is -0.393 e. The van der Waals surface area contributed by atoms with Crippen LogP contribution in [0.2, 0.25) is 0 Å². The second-order valence-electron chi connectivity index (χ2n) is 4.88. The maximum atomic E-state index is 9.68. The number of nitrogens with two attached hydrogens (primary N) is 1. The molecule has 1 aliphatic rings. The van der Waals surface area contributed by atoms with Crippen LogP contribution in [-0.4, -0.2) is 44.5 Å². The van der Waals surface area contributed by atoms with E-state index in [1.54, 1.807) is 6.20 Å². The van der Waals surface area contributed by atoms with Gasteiger partial charge < -0.3 is 10.0 Å². The summed E-state index contributed by atoms with van der Waals surface area (Å²) in [5.74, 6) is 6.81. The van der Waals surface area contributed by atoms with Gasteiger partial charge in [0, 0.05) is 19.0 Å². The Bertz CT molecular complexity index is 581. The largest absolute Gasteiger partial charge is 0.393 e. The van der Waals surface area contributed by atoms with E-state index in [2.05, 4.69) is 30.5 Å². The first-order valence-corrected chi connectivity index (χ1v) is 6.30. The summed E-state index contributed by atoms with van der Waals surface area (Å²) in [4.78, 5) is 10.7. The van der Waals surface area contributed by atoms with Crippen molar-refractivity contribution in [3.63, 3.8) is 0 Å². The predicted molar refractivity (Wildman–Crippen MR) is 71.5 cm³/mol. The van der Waals surface area contributed by atoms with Crippen LogP contribution in [0, 0.1) is 5.92 Å². The monoisotopic (exact) mass is 263 g/mol. The Balaban J connectivity index is 1.98. The number of hydrogen-bond acceptors (Lipinski definition) is 7. The van der Waals surface area contributed by atoms with Crippen molar-refractivity contribution in [3.05, 3.63) is 6.20 Å². The molecule has 8 heteroatoms. The highest BCUT2D eigenvalue weighted by Crippen LogP contribution is 2.29. The number of H-pyrrole nitrogens is 1. The molecule has 2 aromatic rings. The zero-order valence-corrected chi connectivity index (χ0v) is 10.7. The van der Waals surface area contributed by atoms with Crippen LogP contribution in [0.3, 0.4) is 0 Å². The first-order chi connectivity index (χ1) is 9.19. The van der Waals surface area contributed by atoms with Crippen LogP contribution in [-0.2, 0) is 0 Å². The molecule has 0 radical (unpaired) electrons. The van der Waals surface area contributed by atoms with Crippen LogP contribution in [0.1, 0.15) is 13.3 Å². The van der Waals surface area contributed by atoms with Crippen molar-refractivity contribution in [1.82, 2.24) is 20.2 Å². The zero-order chi connectivity index (χ0) is 13.4. The van der Waals surface area contributed by atoms with Crippen LogP contribution >= 0.6 is 0 Å². The molecular formula is C11H17N7O. The average molecular weight is 263 g/mol. The molecule has 3 heterocycles. The van der Waals surface area contributed by atoms with Gasteiger partial charge in [0.2, 0.25) is 5.95 Å². The molecule has 0 amide bonds. The summed E-state index contributed by atoms with van der Waals surface area (Å²) in [6.07, 6.45) is 2.35. The number of aromatic amines is 1. The van der Waals surface area contributed by atoms with E-state index in [1.807, 2.05) is 6.92 Å². The topological polar surface area (TPSA) is 116 Å². The number of fused-ring (bicyclic) bond motifs is 1. The van der Waals surface area contributed by atoms with E-state index in [9.17, 15) is 5.11 Å². The van der Waals surface area contributed by atoms with Crippen LogP contribution in [0.25, 0.3) is 11.0 Å². The highest BCUT2D eigenvalue weighted by atomic mass is 16.3. The lowest BCUT2D eigenvalue weighted by Gasteiger charge is -2.19. The molecule has 0 bridgehead atoms. The average Bonchev–Trinajstić information content (AvgIpc) is 3.06. The van der Waals surface area contributed by atoms with Crippen molar-refractivity contribution in [1.29, 1.82) is 0 Å². The van der Waals surface area contributed by atoms with Crippen molar-refractivity contribution in [2.24, 2.45) is 11.8 Å².